The molecule has 48 heavy (non-hydrogen) atoms. The van der Waals surface area contributed by atoms with E-state index in [1.165, 1.54) is 18.3 Å². The van der Waals surface area contributed by atoms with E-state index < -0.39 is 23.8 Å². The lowest BCUT2D eigenvalue weighted by atomic mass is 9.81. The van der Waals surface area contributed by atoms with Crippen molar-refractivity contribution in [3.05, 3.63) is 35.9 Å². The molecule has 1 aliphatic carbocycles. The zero-order chi connectivity index (χ0) is 34.6. The molecule has 0 bridgehead atoms. The van der Waals surface area contributed by atoms with E-state index >= 15 is 0 Å². The SMILES string of the molecule is COc1ccc2nc(NC(=O)N3CC4(CCN(C(C)=O)C4)c4cc(S(=O)(=O)N(CCO[Si](C)(C)C(C)(C)C)CC5CC5)ccc43)sc2n1. The van der Waals surface area contributed by atoms with Crippen LogP contribution in [0.3, 0.4) is 0 Å². The van der Waals surface area contributed by atoms with Crippen molar-refractivity contribution in [1.82, 2.24) is 19.2 Å². The summed E-state index contributed by atoms with van der Waals surface area (Å²) < 4.78 is 41.8. The largest absolute Gasteiger partial charge is 0.481 e. The van der Waals surface area contributed by atoms with Crippen LogP contribution in [0.15, 0.2) is 35.2 Å². The molecule has 6 rings (SSSR count). The maximum atomic E-state index is 14.3. The number of anilines is 2. The van der Waals surface area contributed by atoms with E-state index in [2.05, 4.69) is 49.1 Å². The Morgan fingerprint density at radius 3 is 2.54 bits per heavy atom. The van der Waals surface area contributed by atoms with Crippen LogP contribution < -0.4 is 15.0 Å². The molecule has 1 saturated heterocycles. The van der Waals surface area contributed by atoms with Crippen LogP contribution in [0.4, 0.5) is 15.6 Å². The van der Waals surface area contributed by atoms with Crippen LogP contribution in [-0.4, -0.2) is 94.3 Å². The second-order valence-corrected chi connectivity index (χ2v) is 22.5. The number of nitrogens with one attached hydrogen (secondary N) is 1. The van der Waals surface area contributed by atoms with Gasteiger partial charge in [-0.2, -0.15) is 4.31 Å². The third-order valence-corrected chi connectivity index (χ3v) is 17.7. The molecule has 1 aromatic carbocycles. The molecule has 3 aliphatic rings. The van der Waals surface area contributed by atoms with Crippen molar-refractivity contribution >= 4 is 62.8 Å². The van der Waals surface area contributed by atoms with E-state index in [0.717, 1.165) is 18.4 Å². The van der Waals surface area contributed by atoms with Gasteiger partial charge in [-0.15, -0.1) is 0 Å². The Bertz CT molecular complexity index is 1840. The molecule has 1 saturated carbocycles. The number of aromatic nitrogens is 2. The van der Waals surface area contributed by atoms with Gasteiger partial charge in [-0.25, -0.2) is 23.2 Å². The number of nitrogens with zero attached hydrogens (tertiary/aromatic N) is 5. The maximum absolute atomic E-state index is 14.3. The van der Waals surface area contributed by atoms with Crippen LogP contribution in [0.2, 0.25) is 18.1 Å². The molecule has 1 N–H and O–H groups in total. The number of ether oxygens (including phenoxy) is 1. The van der Waals surface area contributed by atoms with Gasteiger partial charge in [0.2, 0.25) is 21.8 Å². The van der Waals surface area contributed by atoms with Crippen molar-refractivity contribution in [2.75, 3.05) is 56.7 Å². The molecule has 2 aromatic heterocycles. The van der Waals surface area contributed by atoms with Gasteiger partial charge in [0.15, 0.2) is 13.4 Å². The highest BCUT2D eigenvalue weighted by molar-refractivity contribution is 7.89. The first kappa shape index (κ1) is 34.7. The highest BCUT2D eigenvalue weighted by atomic mass is 32.2. The minimum Gasteiger partial charge on any atom is -0.481 e. The molecule has 3 amide bonds. The number of carbonyl (C=O) groups is 2. The fourth-order valence-electron chi connectivity index (χ4n) is 6.27. The van der Waals surface area contributed by atoms with E-state index in [-0.39, 0.29) is 28.4 Å². The third kappa shape index (κ3) is 6.71. The molecule has 4 heterocycles. The molecule has 12 nitrogen and oxygen atoms in total. The zero-order valence-corrected chi connectivity index (χ0v) is 31.5. The average Bonchev–Trinajstić information content (AvgIpc) is 3.45. The lowest BCUT2D eigenvalue weighted by molar-refractivity contribution is -0.127. The molecular weight excluding hydrogens is 669 g/mol. The van der Waals surface area contributed by atoms with E-state index in [1.807, 2.05) is 0 Å². The number of sulfonamides is 1. The lowest BCUT2D eigenvalue weighted by Gasteiger charge is -2.36. The van der Waals surface area contributed by atoms with E-state index in [4.69, 9.17) is 9.16 Å². The Balaban J connectivity index is 1.29. The number of thiazole rings is 1. The first-order valence-corrected chi connectivity index (χ1v) is 21.6. The van der Waals surface area contributed by atoms with E-state index in [1.54, 1.807) is 51.5 Å². The van der Waals surface area contributed by atoms with Crippen molar-refractivity contribution in [3.8, 4) is 5.88 Å². The average molecular weight is 715 g/mol. The van der Waals surface area contributed by atoms with Gasteiger partial charge in [-0.3, -0.25) is 15.0 Å². The number of urea groups is 1. The first-order chi connectivity index (χ1) is 22.5. The van der Waals surface area contributed by atoms with Crippen LogP contribution in [-0.2, 0) is 24.7 Å². The fourth-order valence-corrected chi connectivity index (χ4v) is 9.65. The van der Waals surface area contributed by atoms with E-state index in [0.29, 0.717) is 72.2 Å². The molecule has 2 aliphatic heterocycles. The number of amides is 3. The van der Waals surface area contributed by atoms with E-state index in [9.17, 15) is 18.0 Å². The minimum atomic E-state index is -3.87. The topological polar surface area (TPSA) is 134 Å². The number of carbonyl (C=O) groups excluding carboxylic acids is 2. The second kappa shape index (κ2) is 12.6. The Morgan fingerprint density at radius 2 is 1.90 bits per heavy atom. The van der Waals surface area contributed by atoms with Crippen LogP contribution >= 0.6 is 11.3 Å². The number of likely N-dealkylation sites (tertiary alicyclic amines) is 1. The van der Waals surface area contributed by atoms with Crippen LogP contribution in [0.1, 0.15) is 52.5 Å². The fraction of sp³-hybridized carbons (Fsp3) is 0.576. The monoisotopic (exact) mass is 714 g/mol. The summed E-state index contributed by atoms with van der Waals surface area (Å²) in [5, 5.41) is 3.34. The molecule has 3 aromatic rings. The van der Waals surface area contributed by atoms with Crippen molar-refractivity contribution in [2.24, 2.45) is 5.92 Å². The van der Waals surface area contributed by atoms with Crippen molar-refractivity contribution in [1.29, 1.82) is 0 Å². The molecule has 1 spiro atoms. The second-order valence-electron chi connectivity index (χ2n) is 14.8. The number of hydrogen-bond donors (Lipinski definition) is 1. The van der Waals surface area contributed by atoms with Gasteiger partial charge in [0.25, 0.3) is 0 Å². The minimum absolute atomic E-state index is 0.0200. The predicted octanol–water partition coefficient (Wildman–Crippen LogP) is 5.66. The smallest absolute Gasteiger partial charge is 0.328 e. The summed E-state index contributed by atoms with van der Waals surface area (Å²) in [5.74, 6) is 0.764. The van der Waals surface area contributed by atoms with Crippen LogP contribution in [0, 0.1) is 5.92 Å². The molecule has 1 unspecified atom stereocenters. The Hall–Kier alpha value is -3.11. The van der Waals surface area contributed by atoms with Crippen molar-refractivity contribution in [2.45, 2.75) is 75.4 Å². The number of benzene rings is 1. The van der Waals surface area contributed by atoms with Gasteiger partial charge in [0.1, 0.15) is 10.3 Å². The molecular formula is C33H46N6O6S2Si. The molecule has 0 radical (unpaired) electrons. The molecule has 2 fully saturated rings. The normalized spacial score (nSPS) is 19.8. The van der Waals surface area contributed by atoms with Gasteiger partial charge in [-0.05, 0) is 73.1 Å². The highest BCUT2D eigenvalue weighted by Crippen LogP contribution is 2.48. The Labute approximate surface area is 288 Å². The lowest BCUT2D eigenvalue weighted by Crippen LogP contribution is -2.44. The summed E-state index contributed by atoms with van der Waals surface area (Å²) in [5.41, 5.74) is 1.44. The van der Waals surface area contributed by atoms with Gasteiger partial charge in [0, 0.05) is 63.4 Å². The maximum Gasteiger partial charge on any atom is 0.328 e. The number of rotatable bonds is 10. The van der Waals surface area contributed by atoms with Crippen LogP contribution in [0.25, 0.3) is 10.3 Å². The van der Waals surface area contributed by atoms with Crippen molar-refractivity contribution < 1.29 is 27.2 Å². The highest BCUT2D eigenvalue weighted by Gasteiger charge is 2.50. The zero-order valence-electron chi connectivity index (χ0n) is 28.8. The van der Waals surface area contributed by atoms with Gasteiger partial charge >= 0.3 is 6.03 Å². The number of methoxy groups -OCH3 is 1. The standard InChI is InChI=1S/C33H46N6O6S2Si/c1-22(40)37-15-14-33(20-37)21-39(31(41)36-30-34-26-11-13-28(44-5)35-29(26)46-30)27-12-10-24(18-25(27)33)47(42,43)38(19-23-8-9-23)16-17-45-48(6,7)32(2,3)4/h10-13,18,23H,8-9,14-17,19-21H2,1-7H3,(H,34,36,41). The summed E-state index contributed by atoms with van der Waals surface area (Å²) in [6.07, 6.45) is 2.65. The summed E-state index contributed by atoms with van der Waals surface area (Å²) in [6.45, 7) is 14.7. The first-order valence-electron chi connectivity index (χ1n) is 16.5. The summed E-state index contributed by atoms with van der Waals surface area (Å²) in [4.78, 5) is 39.5. The number of pyridine rings is 1. The molecule has 15 heteroatoms. The summed E-state index contributed by atoms with van der Waals surface area (Å²) in [7, 11) is -4.39. The molecule has 260 valence electrons. The van der Waals surface area contributed by atoms with Gasteiger partial charge < -0.3 is 14.1 Å². The summed E-state index contributed by atoms with van der Waals surface area (Å²) in [6, 6.07) is 8.20. The van der Waals surface area contributed by atoms with Crippen molar-refractivity contribution in [3.63, 3.8) is 0 Å². The Morgan fingerprint density at radius 1 is 1.15 bits per heavy atom. The summed E-state index contributed by atoms with van der Waals surface area (Å²) >= 11 is 1.24. The number of hydrogen-bond acceptors (Lipinski definition) is 9. The van der Waals surface area contributed by atoms with Gasteiger partial charge in [-0.1, -0.05) is 32.1 Å². The quantitative estimate of drug-likeness (QED) is 0.266. The predicted molar refractivity (Wildman–Crippen MR) is 190 cm³/mol. The van der Waals surface area contributed by atoms with Crippen LogP contribution in [0.5, 0.6) is 5.88 Å². The molecule has 1 atom stereocenters. The number of fused-ring (bicyclic) bond motifs is 3. The Kier molecular flexibility index (Phi) is 9.15. The third-order valence-electron chi connectivity index (χ3n) is 10.4. The van der Waals surface area contributed by atoms with Gasteiger partial charge in [0.05, 0.1) is 12.0 Å².